The molecule has 0 N–H and O–H groups in total. The van der Waals surface area contributed by atoms with Gasteiger partial charge in [0.15, 0.2) is 0 Å². The van der Waals surface area contributed by atoms with Gasteiger partial charge in [-0.15, -0.1) is 0 Å². The largest absolute Gasteiger partial charge is 0.457 e. The summed E-state index contributed by atoms with van der Waals surface area (Å²) < 4.78 is 10.3. The summed E-state index contributed by atoms with van der Waals surface area (Å²) in [7, 11) is 0. The maximum Gasteiger partial charge on any atom is 0.339 e. The number of esters is 2. The molecule has 0 bridgehead atoms. The van der Waals surface area contributed by atoms with Crippen molar-refractivity contribution in [3.8, 4) is 0 Å². The highest BCUT2D eigenvalue weighted by atomic mass is 16.5. The Morgan fingerprint density at radius 2 is 1.11 bits per heavy atom. The zero-order valence-electron chi connectivity index (χ0n) is 9.88. The van der Waals surface area contributed by atoms with Crippen molar-refractivity contribution < 1.29 is 19.1 Å². The summed E-state index contributed by atoms with van der Waals surface area (Å²) in [6, 6.07) is 0. The Labute approximate surface area is 104 Å². The molecule has 4 heteroatoms. The van der Waals surface area contributed by atoms with Crippen molar-refractivity contribution >= 4 is 11.9 Å². The number of hydrogen-bond acceptors (Lipinski definition) is 4. The first kappa shape index (κ1) is 10.1. The van der Waals surface area contributed by atoms with Crippen LogP contribution in [0.3, 0.4) is 0 Å². The van der Waals surface area contributed by atoms with Gasteiger partial charge in [0.2, 0.25) is 0 Å². The Bertz CT molecular complexity index is 548. The van der Waals surface area contributed by atoms with Gasteiger partial charge in [0, 0.05) is 11.1 Å². The molecule has 1 aromatic carbocycles. The number of carbonyl (C=O) groups excluding carboxylic acids is 2. The standard InChI is InChI=1S/C14H12O4/c15-13-11-7-3-1-2-4-8(7)12-10(6-18-14(12)16)9(11)5-17-13/h1-6H2. The van der Waals surface area contributed by atoms with E-state index < -0.39 is 0 Å². The van der Waals surface area contributed by atoms with Gasteiger partial charge in [-0.3, -0.25) is 0 Å². The molecule has 0 fully saturated rings. The maximum absolute atomic E-state index is 11.9. The second-order valence-corrected chi connectivity index (χ2v) is 5.02. The molecule has 2 aliphatic heterocycles. The molecule has 92 valence electrons. The van der Waals surface area contributed by atoms with E-state index in [9.17, 15) is 9.59 Å². The molecule has 0 unspecified atom stereocenters. The molecule has 0 radical (unpaired) electrons. The molecule has 4 nitrogen and oxygen atoms in total. The van der Waals surface area contributed by atoms with E-state index in [4.69, 9.17) is 9.47 Å². The number of hydrogen-bond donors (Lipinski definition) is 0. The van der Waals surface area contributed by atoms with Gasteiger partial charge in [-0.25, -0.2) is 9.59 Å². The monoisotopic (exact) mass is 244 g/mol. The van der Waals surface area contributed by atoms with Crippen LogP contribution >= 0.6 is 0 Å². The van der Waals surface area contributed by atoms with Gasteiger partial charge in [-0.1, -0.05) is 0 Å². The molecule has 18 heavy (non-hydrogen) atoms. The lowest BCUT2D eigenvalue weighted by Crippen LogP contribution is -2.14. The van der Waals surface area contributed by atoms with Crippen LogP contribution in [0.4, 0.5) is 0 Å². The number of ether oxygens (including phenoxy) is 2. The number of benzene rings is 1. The third-order valence-electron chi connectivity index (χ3n) is 4.14. The summed E-state index contributed by atoms with van der Waals surface area (Å²) in [4.78, 5) is 23.7. The second-order valence-electron chi connectivity index (χ2n) is 5.02. The fourth-order valence-corrected chi connectivity index (χ4v) is 3.35. The molecular weight excluding hydrogens is 232 g/mol. The summed E-state index contributed by atoms with van der Waals surface area (Å²) in [6.45, 7) is 0.584. The fraction of sp³-hybridized carbons (Fsp3) is 0.429. The number of rotatable bonds is 0. The summed E-state index contributed by atoms with van der Waals surface area (Å²) in [5.74, 6) is -0.462. The minimum atomic E-state index is -0.231. The van der Waals surface area contributed by atoms with E-state index in [0.717, 1.165) is 59.1 Å². The topological polar surface area (TPSA) is 52.6 Å². The van der Waals surface area contributed by atoms with Crippen molar-refractivity contribution in [3.05, 3.63) is 33.4 Å². The number of cyclic esters (lactones) is 2. The van der Waals surface area contributed by atoms with Crippen molar-refractivity contribution in [1.29, 1.82) is 0 Å². The van der Waals surface area contributed by atoms with Gasteiger partial charge in [0.25, 0.3) is 0 Å². The molecule has 2 heterocycles. The molecule has 1 aliphatic carbocycles. The summed E-state index contributed by atoms with van der Waals surface area (Å²) in [6.07, 6.45) is 3.88. The predicted octanol–water partition coefficient (Wildman–Crippen LogP) is 1.91. The van der Waals surface area contributed by atoms with Gasteiger partial charge in [-0.2, -0.15) is 0 Å². The molecule has 0 saturated carbocycles. The summed E-state index contributed by atoms with van der Waals surface area (Å²) in [5.41, 5.74) is 5.30. The minimum absolute atomic E-state index is 0.231. The SMILES string of the molecule is O=C1OCc2c3c(c4c(c21)CCCC4)C(=O)OC3. The third-order valence-corrected chi connectivity index (χ3v) is 4.14. The van der Waals surface area contributed by atoms with Crippen molar-refractivity contribution in [1.82, 2.24) is 0 Å². The van der Waals surface area contributed by atoms with Crippen LogP contribution in [0.2, 0.25) is 0 Å². The van der Waals surface area contributed by atoms with Crippen LogP contribution in [0.15, 0.2) is 0 Å². The number of fused-ring (bicyclic) bond motifs is 6. The quantitative estimate of drug-likeness (QED) is 0.654. The fourth-order valence-electron chi connectivity index (χ4n) is 3.35. The van der Waals surface area contributed by atoms with E-state index in [2.05, 4.69) is 0 Å². The molecule has 0 atom stereocenters. The summed E-state index contributed by atoms with van der Waals surface area (Å²) >= 11 is 0. The molecule has 0 amide bonds. The first-order chi connectivity index (χ1) is 8.77. The van der Waals surface area contributed by atoms with Crippen LogP contribution in [0, 0.1) is 0 Å². The van der Waals surface area contributed by atoms with Crippen molar-refractivity contribution in [2.75, 3.05) is 0 Å². The molecule has 0 spiro atoms. The molecule has 3 aliphatic rings. The zero-order chi connectivity index (χ0) is 12.3. The van der Waals surface area contributed by atoms with E-state index in [1.807, 2.05) is 0 Å². The molecule has 1 aromatic rings. The Hall–Kier alpha value is -1.84. The Morgan fingerprint density at radius 3 is 1.56 bits per heavy atom. The van der Waals surface area contributed by atoms with Gasteiger partial charge in [0.1, 0.15) is 13.2 Å². The Morgan fingerprint density at radius 1 is 0.667 bits per heavy atom. The van der Waals surface area contributed by atoms with Crippen LogP contribution in [0.1, 0.15) is 55.8 Å². The van der Waals surface area contributed by atoms with Crippen LogP contribution in [-0.2, 0) is 35.5 Å². The van der Waals surface area contributed by atoms with Crippen molar-refractivity contribution in [3.63, 3.8) is 0 Å². The third kappa shape index (κ3) is 1.10. The van der Waals surface area contributed by atoms with Gasteiger partial charge >= 0.3 is 11.9 Å². The average molecular weight is 244 g/mol. The van der Waals surface area contributed by atoms with Gasteiger partial charge < -0.3 is 9.47 Å². The molecule has 4 rings (SSSR count). The normalized spacial score (nSPS) is 20.0. The highest BCUT2D eigenvalue weighted by Gasteiger charge is 2.38. The lowest BCUT2D eigenvalue weighted by molar-refractivity contribution is 0.0512. The van der Waals surface area contributed by atoms with Crippen LogP contribution < -0.4 is 0 Å². The van der Waals surface area contributed by atoms with Crippen LogP contribution in [0.25, 0.3) is 0 Å². The minimum Gasteiger partial charge on any atom is -0.457 e. The highest BCUT2D eigenvalue weighted by Crippen LogP contribution is 2.40. The molecule has 0 saturated heterocycles. The Balaban J connectivity index is 2.10. The van der Waals surface area contributed by atoms with E-state index in [1.54, 1.807) is 0 Å². The molecule has 0 aromatic heterocycles. The van der Waals surface area contributed by atoms with Crippen molar-refractivity contribution in [2.45, 2.75) is 38.9 Å². The van der Waals surface area contributed by atoms with E-state index in [-0.39, 0.29) is 11.9 Å². The summed E-state index contributed by atoms with van der Waals surface area (Å²) in [5, 5.41) is 0. The highest BCUT2D eigenvalue weighted by molar-refractivity contribution is 6.02. The van der Waals surface area contributed by atoms with Crippen LogP contribution in [-0.4, -0.2) is 11.9 Å². The maximum atomic E-state index is 11.9. The van der Waals surface area contributed by atoms with Crippen molar-refractivity contribution in [2.24, 2.45) is 0 Å². The lowest BCUT2D eigenvalue weighted by atomic mass is 9.81. The van der Waals surface area contributed by atoms with Gasteiger partial charge in [0.05, 0.1) is 11.1 Å². The first-order valence-corrected chi connectivity index (χ1v) is 6.31. The Kier molecular flexibility index (Phi) is 1.88. The van der Waals surface area contributed by atoms with E-state index >= 15 is 0 Å². The first-order valence-electron chi connectivity index (χ1n) is 6.31. The second kappa shape index (κ2) is 3.34. The molecular formula is C14H12O4. The average Bonchev–Trinajstić information content (AvgIpc) is 2.94. The zero-order valence-corrected chi connectivity index (χ0v) is 9.88. The van der Waals surface area contributed by atoms with Crippen LogP contribution in [0.5, 0.6) is 0 Å². The van der Waals surface area contributed by atoms with E-state index in [1.165, 1.54) is 0 Å². The smallest absolute Gasteiger partial charge is 0.339 e. The lowest BCUT2D eigenvalue weighted by Gasteiger charge is -2.20. The predicted molar refractivity (Wildman–Crippen MR) is 61.3 cm³/mol. The number of carbonyl (C=O) groups is 2. The van der Waals surface area contributed by atoms with E-state index in [0.29, 0.717) is 13.2 Å². The van der Waals surface area contributed by atoms with Gasteiger partial charge in [-0.05, 0) is 36.8 Å².